The van der Waals surface area contributed by atoms with Crippen molar-refractivity contribution in [2.75, 3.05) is 0 Å². The number of aliphatic hydroxyl groups is 2. The van der Waals surface area contributed by atoms with E-state index >= 15 is 0 Å². The van der Waals surface area contributed by atoms with Gasteiger partial charge in [-0.1, -0.05) is 44.2 Å². The summed E-state index contributed by atoms with van der Waals surface area (Å²) in [5.74, 6) is 0.454. The summed E-state index contributed by atoms with van der Waals surface area (Å²) in [6, 6.07) is 9.65. The molecule has 1 aromatic rings. The molecular weight excluding hydrogens is 212 g/mol. The second-order valence-electron chi connectivity index (χ2n) is 5.49. The van der Waals surface area contributed by atoms with Crippen LogP contribution in [0.15, 0.2) is 30.3 Å². The van der Waals surface area contributed by atoms with Crippen LogP contribution in [0.5, 0.6) is 0 Å². The SMILES string of the molecule is CC(C)C(CC(C)(O)c1ccccc1)C(C)O. The number of aliphatic hydroxyl groups excluding tert-OH is 1. The van der Waals surface area contributed by atoms with Crippen molar-refractivity contribution >= 4 is 0 Å². The normalized spacial score (nSPS) is 18.8. The summed E-state index contributed by atoms with van der Waals surface area (Å²) in [6.45, 7) is 7.78. The fourth-order valence-electron chi connectivity index (χ4n) is 2.34. The van der Waals surface area contributed by atoms with Crippen molar-refractivity contribution in [1.82, 2.24) is 0 Å². The predicted octanol–water partition coefficient (Wildman–Crippen LogP) is 2.94. The molecule has 2 N–H and O–H groups in total. The van der Waals surface area contributed by atoms with E-state index in [2.05, 4.69) is 13.8 Å². The van der Waals surface area contributed by atoms with Crippen LogP contribution in [0.4, 0.5) is 0 Å². The minimum atomic E-state index is -0.882. The maximum absolute atomic E-state index is 10.5. The molecule has 1 rings (SSSR count). The van der Waals surface area contributed by atoms with Gasteiger partial charge >= 0.3 is 0 Å². The number of hydrogen-bond acceptors (Lipinski definition) is 2. The molecule has 0 amide bonds. The topological polar surface area (TPSA) is 40.5 Å². The zero-order valence-electron chi connectivity index (χ0n) is 11.2. The van der Waals surface area contributed by atoms with Gasteiger partial charge in [0.1, 0.15) is 0 Å². The van der Waals surface area contributed by atoms with Crippen molar-refractivity contribution < 1.29 is 10.2 Å². The predicted molar refractivity (Wildman–Crippen MR) is 70.6 cm³/mol. The van der Waals surface area contributed by atoms with E-state index in [1.807, 2.05) is 37.3 Å². The van der Waals surface area contributed by atoms with Crippen molar-refractivity contribution in [2.45, 2.75) is 45.8 Å². The standard InChI is InChI=1S/C15H24O2/c1-11(2)14(12(3)16)10-15(4,17)13-8-6-5-7-9-13/h5-9,11-12,14,16-17H,10H2,1-4H3. The number of benzene rings is 1. The van der Waals surface area contributed by atoms with Crippen molar-refractivity contribution in [2.24, 2.45) is 11.8 Å². The van der Waals surface area contributed by atoms with E-state index in [0.29, 0.717) is 12.3 Å². The zero-order valence-corrected chi connectivity index (χ0v) is 11.2. The Kier molecular flexibility index (Phi) is 4.72. The highest BCUT2D eigenvalue weighted by atomic mass is 16.3. The Labute approximate surface area is 104 Å². The van der Waals surface area contributed by atoms with Gasteiger partial charge < -0.3 is 10.2 Å². The second kappa shape index (κ2) is 5.65. The smallest absolute Gasteiger partial charge is 0.0872 e. The molecule has 0 aliphatic heterocycles. The van der Waals surface area contributed by atoms with Crippen LogP contribution in [0, 0.1) is 11.8 Å². The average Bonchev–Trinajstić information content (AvgIpc) is 2.26. The molecule has 1 aromatic carbocycles. The van der Waals surface area contributed by atoms with Crippen LogP contribution >= 0.6 is 0 Å². The van der Waals surface area contributed by atoms with Crippen molar-refractivity contribution in [1.29, 1.82) is 0 Å². The van der Waals surface area contributed by atoms with Crippen LogP contribution in [-0.2, 0) is 5.60 Å². The first-order valence-electron chi connectivity index (χ1n) is 6.30. The fourth-order valence-corrected chi connectivity index (χ4v) is 2.34. The highest BCUT2D eigenvalue weighted by Crippen LogP contribution is 2.32. The van der Waals surface area contributed by atoms with E-state index in [1.165, 1.54) is 0 Å². The van der Waals surface area contributed by atoms with E-state index in [1.54, 1.807) is 6.92 Å². The van der Waals surface area contributed by atoms with Crippen LogP contribution < -0.4 is 0 Å². The first-order valence-corrected chi connectivity index (χ1v) is 6.30. The van der Waals surface area contributed by atoms with Crippen LogP contribution in [0.1, 0.15) is 39.7 Å². The molecule has 96 valence electrons. The molecule has 0 radical (unpaired) electrons. The average molecular weight is 236 g/mol. The van der Waals surface area contributed by atoms with E-state index < -0.39 is 11.7 Å². The lowest BCUT2D eigenvalue weighted by molar-refractivity contribution is -0.0118. The highest BCUT2D eigenvalue weighted by Gasteiger charge is 2.31. The Morgan fingerprint density at radius 3 is 2.06 bits per heavy atom. The molecule has 2 heteroatoms. The Morgan fingerprint density at radius 2 is 1.65 bits per heavy atom. The number of hydrogen-bond donors (Lipinski definition) is 2. The summed E-state index contributed by atoms with van der Waals surface area (Å²) in [5, 5.41) is 20.3. The first-order chi connectivity index (χ1) is 7.84. The van der Waals surface area contributed by atoms with Gasteiger partial charge in [-0.05, 0) is 37.7 Å². The van der Waals surface area contributed by atoms with Crippen molar-refractivity contribution in [3.63, 3.8) is 0 Å². The van der Waals surface area contributed by atoms with Crippen molar-refractivity contribution in [3.05, 3.63) is 35.9 Å². The van der Waals surface area contributed by atoms with Gasteiger partial charge in [0.25, 0.3) is 0 Å². The molecule has 0 aromatic heterocycles. The molecule has 2 nitrogen and oxygen atoms in total. The lowest BCUT2D eigenvalue weighted by Crippen LogP contribution is -2.32. The Balaban J connectivity index is 2.85. The van der Waals surface area contributed by atoms with Gasteiger partial charge in [0.05, 0.1) is 11.7 Å². The number of rotatable bonds is 5. The van der Waals surface area contributed by atoms with E-state index in [4.69, 9.17) is 0 Å². The van der Waals surface area contributed by atoms with Crippen molar-refractivity contribution in [3.8, 4) is 0 Å². The summed E-state index contributed by atoms with van der Waals surface area (Å²) in [5.41, 5.74) is 0.0269. The summed E-state index contributed by atoms with van der Waals surface area (Å²) < 4.78 is 0. The van der Waals surface area contributed by atoms with Gasteiger partial charge in [-0.3, -0.25) is 0 Å². The van der Waals surface area contributed by atoms with E-state index in [9.17, 15) is 10.2 Å². The molecule has 3 unspecified atom stereocenters. The van der Waals surface area contributed by atoms with E-state index in [0.717, 1.165) is 5.56 Å². The van der Waals surface area contributed by atoms with Crippen LogP contribution in [0.3, 0.4) is 0 Å². The van der Waals surface area contributed by atoms with Gasteiger partial charge in [-0.25, -0.2) is 0 Å². The molecule has 0 heterocycles. The third kappa shape index (κ3) is 3.83. The highest BCUT2D eigenvalue weighted by molar-refractivity contribution is 5.21. The summed E-state index contributed by atoms with van der Waals surface area (Å²) in [7, 11) is 0. The molecule has 0 saturated heterocycles. The third-order valence-corrected chi connectivity index (χ3v) is 3.50. The van der Waals surface area contributed by atoms with Crippen LogP contribution in [0.2, 0.25) is 0 Å². The van der Waals surface area contributed by atoms with Crippen LogP contribution in [0.25, 0.3) is 0 Å². The molecule has 0 saturated carbocycles. The molecule has 0 spiro atoms. The van der Waals surface area contributed by atoms with Gasteiger partial charge in [0, 0.05) is 0 Å². The molecule has 0 aliphatic carbocycles. The fraction of sp³-hybridized carbons (Fsp3) is 0.600. The Bertz CT molecular complexity index is 320. The Hall–Kier alpha value is -0.860. The van der Waals surface area contributed by atoms with Crippen LogP contribution in [-0.4, -0.2) is 16.3 Å². The largest absolute Gasteiger partial charge is 0.393 e. The Morgan fingerprint density at radius 1 is 1.12 bits per heavy atom. The molecular formula is C15H24O2. The van der Waals surface area contributed by atoms with Gasteiger partial charge in [0.15, 0.2) is 0 Å². The summed E-state index contributed by atoms with van der Waals surface area (Å²) in [6.07, 6.45) is 0.178. The maximum atomic E-state index is 10.5. The van der Waals surface area contributed by atoms with Gasteiger partial charge in [-0.2, -0.15) is 0 Å². The molecule has 0 bridgehead atoms. The first kappa shape index (κ1) is 14.2. The second-order valence-corrected chi connectivity index (χ2v) is 5.49. The lowest BCUT2D eigenvalue weighted by Gasteiger charge is -2.32. The lowest BCUT2D eigenvalue weighted by atomic mass is 9.79. The monoisotopic (exact) mass is 236 g/mol. The quantitative estimate of drug-likeness (QED) is 0.825. The molecule has 17 heavy (non-hydrogen) atoms. The third-order valence-electron chi connectivity index (χ3n) is 3.50. The van der Waals surface area contributed by atoms with Gasteiger partial charge in [0.2, 0.25) is 0 Å². The zero-order chi connectivity index (χ0) is 13.1. The molecule has 0 fully saturated rings. The molecule has 0 aliphatic rings. The maximum Gasteiger partial charge on any atom is 0.0872 e. The van der Waals surface area contributed by atoms with E-state index in [-0.39, 0.29) is 5.92 Å². The molecule has 3 atom stereocenters. The summed E-state index contributed by atoms with van der Waals surface area (Å²) >= 11 is 0. The summed E-state index contributed by atoms with van der Waals surface area (Å²) in [4.78, 5) is 0. The minimum absolute atomic E-state index is 0.102. The minimum Gasteiger partial charge on any atom is -0.393 e. The van der Waals surface area contributed by atoms with Gasteiger partial charge in [-0.15, -0.1) is 0 Å².